The van der Waals surface area contributed by atoms with Gasteiger partial charge in [0.1, 0.15) is 0 Å². The second kappa shape index (κ2) is 7.95. The Bertz CT molecular complexity index is 399. The number of rotatable bonds is 8. The zero-order chi connectivity index (χ0) is 15.1. The van der Waals surface area contributed by atoms with Gasteiger partial charge in [0.15, 0.2) is 0 Å². The number of hydrogen-bond donors (Lipinski definition) is 0. The fourth-order valence-electron chi connectivity index (χ4n) is 3.03. The van der Waals surface area contributed by atoms with E-state index >= 15 is 0 Å². The van der Waals surface area contributed by atoms with Gasteiger partial charge in [0.05, 0.1) is 24.4 Å². The van der Waals surface area contributed by atoms with Crippen LogP contribution in [0.4, 0.5) is 0 Å². The van der Waals surface area contributed by atoms with Crippen molar-refractivity contribution in [1.29, 1.82) is 0 Å². The fraction of sp³-hybridized carbons (Fsp3) is 0.684. The first-order valence-corrected chi connectivity index (χ1v) is 8.44. The van der Waals surface area contributed by atoms with Gasteiger partial charge in [-0.05, 0) is 38.7 Å². The molecule has 2 atom stereocenters. The van der Waals surface area contributed by atoms with Crippen LogP contribution in [0.2, 0.25) is 0 Å². The van der Waals surface area contributed by atoms with Crippen LogP contribution in [0.5, 0.6) is 0 Å². The lowest BCUT2D eigenvalue weighted by molar-refractivity contribution is -0.103. The quantitative estimate of drug-likeness (QED) is 0.619. The number of unbranched alkanes of at least 4 members (excludes halogenated alkanes) is 2. The summed E-state index contributed by atoms with van der Waals surface area (Å²) in [7, 11) is 0. The van der Waals surface area contributed by atoms with Gasteiger partial charge in [-0.2, -0.15) is 0 Å². The van der Waals surface area contributed by atoms with Crippen molar-refractivity contribution in [1.82, 2.24) is 0 Å². The summed E-state index contributed by atoms with van der Waals surface area (Å²) < 4.78 is 12.4. The van der Waals surface area contributed by atoms with Gasteiger partial charge in [0, 0.05) is 0 Å². The van der Waals surface area contributed by atoms with Gasteiger partial charge < -0.3 is 9.47 Å². The van der Waals surface area contributed by atoms with Crippen LogP contribution in [-0.2, 0) is 16.1 Å². The van der Waals surface area contributed by atoms with E-state index in [1.807, 2.05) is 6.07 Å². The molecule has 1 fully saturated rings. The van der Waals surface area contributed by atoms with Gasteiger partial charge in [0.2, 0.25) is 0 Å². The molecule has 1 heterocycles. The first-order valence-electron chi connectivity index (χ1n) is 8.44. The third kappa shape index (κ3) is 5.44. The maximum Gasteiger partial charge on any atom is 0.0845 e. The van der Waals surface area contributed by atoms with Crippen molar-refractivity contribution in [3.8, 4) is 0 Å². The molecule has 2 rings (SSSR count). The van der Waals surface area contributed by atoms with Crippen molar-refractivity contribution in [2.75, 3.05) is 0 Å². The Kier molecular flexibility index (Phi) is 6.25. The van der Waals surface area contributed by atoms with Crippen molar-refractivity contribution in [2.24, 2.45) is 0 Å². The van der Waals surface area contributed by atoms with Crippen molar-refractivity contribution >= 4 is 0 Å². The van der Waals surface area contributed by atoms with Crippen molar-refractivity contribution < 1.29 is 9.47 Å². The van der Waals surface area contributed by atoms with E-state index in [1.165, 1.54) is 24.8 Å². The predicted molar refractivity (Wildman–Crippen MR) is 87.3 cm³/mol. The van der Waals surface area contributed by atoms with E-state index in [4.69, 9.17) is 9.47 Å². The first kappa shape index (κ1) is 16.5. The maximum atomic E-state index is 6.23. The van der Waals surface area contributed by atoms with Gasteiger partial charge >= 0.3 is 0 Å². The Morgan fingerprint density at radius 1 is 1.24 bits per heavy atom. The van der Waals surface area contributed by atoms with Gasteiger partial charge in [-0.25, -0.2) is 0 Å². The molecule has 2 nitrogen and oxygen atoms in total. The van der Waals surface area contributed by atoms with E-state index in [9.17, 15) is 0 Å². The maximum absolute atomic E-state index is 6.23. The molecular weight excluding hydrogens is 260 g/mol. The molecule has 0 saturated carbocycles. The third-order valence-corrected chi connectivity index (χ3v) is 4.32. The fourth-order valence-corrected chi connectivity index (χ4v) is 3.03. The summed E-state index contributed by atoms with van der Waals surface area (Å²) in [6, 6.07) is 10.4. The van der Waals surface area contributed by atoms with Crippen LogP contribution in [0.25, 0.3) is 0 Å². The highest BCUT2D eigenvalue weighted by Crippen LogP contribution is 2.33. The lowest BCUT2D eigenvalue weighted by Gasteiger charge is -2.26. The van der Waals surface area contributed by atoms with E-state index in [0.717, 1.165) is 19.3 Å². The summed E-state index contributed by atoms with van der Waals surface area (Å²) in [5.41, 5.74) is 1.26. The molecule has 0 radical (unpaired) electrons. The van der Waals surface area contributed by atoms with Gasteiger partial charge in [-0.15, -0.1) is 0 Å². The average molecular weight is 290 g/mol. The smallest absolute Gasteiger partial charge is 0.0845 e. The van der Waals surface area contributed by atoms with E-state index in [-0.39, 0.29) is 17.8 Å². The van der Waals surface area contributed by atoms with E-state index < -0.39 is 0 Å². The van der Waals surface area contributed by atoms with Crippen LogP contribution in [0, 0.1) is 0 Å². The van der Waals surface area contributed by atoms with Gasteiger partial charge in [0.25, 0.3) is 0 Å². The Hall–Kier alpha value is -0.860. The molecule has 118 valence electrons. The Balaban J connectivity index is 1.89. The van der Waals surface area contributed by atoms with Crippen molar-refractivity contribution in [2.45, 2.75) is 83.7 Å². The topological polar surface area (TPSA) is 18.5 Å². The molecular formula is C19H30O2. The van der Waals surface area contributed by atoms with E-state index in [0.29, 0.717) is 6.61 Å². The molecule has 0 bridgehead atoms. The molecule has 0 aliphatic carbocycles. The molecule has 1 aliphatic rings. The van der Waals surface area contributed by atoms with Gasteiger partial charge in [-0.3, -0.25) is 0 Å². The van der Waals surface area contributed by atoms with Crippen LogP contribution < -0.4 is 0 Å². The number of ether oxygens (including phenoxy) is 2. The monoisotopic (exact) mass is 290 g/mol. The van der Waals surface area contributed by atoms with Crippen LogP contribution >= 0.6 is 0 Å². The minimum absolute atomic E-state index is 0.0176. The SMILES string of the molecule is CCCCC[C@H](OCc1ccccc1)[C@H]1CCC(C)(C)O1. The summed E-state index contributed by atoms with van der Waals surface area (Å²) in [5, 5.41) is 0. The van der Waals surface area contributed by atoms with Gasteiger partial charge in [-0.1, -0.05) is 56.5 Å². The highest BCUT2D eigenvalue weighted by Gasteiger charge is 2.36. The summed E-state index contributed by atoms with van der Waals surface area (Å²) in [4.78, 5) is 0. The second-order valence-corrected chi connectivity index (χ2v) is 6.79. The Labute approximate surface area is 129 Å². The Morgan fingerprint density at radius 3 is 2.62 bits per heavy atom. The number of benzene rings is 1. The highest BCUT2D eigenvalue weighted by atomic mass is 16.6. The molecule has 2 heteroatoms. The van der Waals surface area contributed by atoms with E-state index in [2.05, 4.69) is 45.0 Å². The molecule has 1 aromatic rings. The lowest BCUT2D eigenvalue weighted by Crippen LogP contribution is -2.31. The van der Waals surface area contributed by atoms with Crippen LogP contribution in [0.3, 0.4) is 0 Å². The molecule has 1 saturated heterocycles. The normalized spacial score (nSPS) is 22.3. The summed E-state index contributed by atoms with van der Waals surface area (Å²) >= 11 is 0. The molecule has 0 aromatic heterocycles. The van der Waals surface area contributed by atoms with Crippen LogP contribution in [0.1, 0.15) is 64.9 Å². The number of hydrogen-bond acceptors (Lipinski definition) is 2. The average Bonchev–Trinajstić information content (AvgIpc) is 2.84. The minimum Gasteiger partial charge on any atom is -0.371 e. The van der Waals surface area contributed by atoms with Crippen LogP contribution in [0.15, 0.2) is 30.3 Å². The molecule has 1 aliphatic heterocycles. The molecule has 1 aromatic carbocycles. The summed E-state index contributed by atoms with van der Waals surface area (Å²) in [6.45, 7) is 7.31. The van der Waals surface area contributed by atoms with Crippen molar-refractivity contribution in [3.05, 3.63) is 35.9 Å². The standard InChI is InChI=1S/C19H30O2/c1-4-5-7-12-17(18-13-14-19(2,3)21-18)20-15-16-10-8-6-9-11-16/h6,8-11,17-18H,4-5,7,12-15H2,1-3H3/t17-,18+/m0/s1. The van der Waals surface area contributed by atoms with Crippen molar-refractivity contribution in [3.63, 3.8) is 0 Å². The summed E-state index contributed by atoms with van der Waals surface area (Å²) in [5.74, 6) is 0. The predicted octanol–water partition coefficient (Wildman–Crippen LogP) is 5.11. The zero-order valence-corrected chi connectivity index (χ0v) is 13.8. The van der Waals surface area contributed by atoms with E-state index in [1.54, 1.807) is 0 Å². The molecule has 0 unspecified atom stereocenters. The largest absolute Gasteiger partial charge is 0.371 e. The molecule has 21 heavy (non-hydrogen) atoms. The zero-order valence-electron chi connectivity index (χ0n) is 13.8. The second-order valence-electron chi connectivity index (χ2n) is 6.79. The highest BCUT2D eigenvalue weighted by molar-refractivity contribution is 5.13. The molecule has 0 amide bonds. The molecule has 0 spiro atoms. The minimum atomic E-state index is 0.0176. The third-order valence-electron chi connectivity index (χ3n) is 4.32. The Morgan fingerprint density at radius 2 is 2.00 bits per heavy atom. The summed E-state index contributed by atoms with van der Waals surface area (Å²) in [6.07, 6.45) is 7.63. The lowest BCUT2D eigenvalue weighted by atomic mass is 10.0. The first-order chi connectivity index (χ1) is 10.1. The molecule has 0 N–H and O–H groups in total. The van der Waals surface area contributed by atoms with Crippen LogP contribution in [-0.4, -0.2) is 17.8 Å².